The molecule has 0 aliphatic heterocycles. The third-order valence-electron chi connectivity index (χ3n) is 3.89. The molecule has 1 aromatic heterocycles. The average Bonchev–Trinajstić information content (AvgIpc) is 3.12. The van der Waals surface area contributed by atoms with Crippen LogP contribution in [0.5, 0.6) is 5.75 Å². The van der Waals surface area contributed by atoms with Gasteiger partial charge in [0.15, 0.2) is 5.96 Å². The van der Waals surface area contributed by atoms with Gasteiger partial charge in [-0.25, -0.2) is 0 Å². The van der Waals surface area contributed by atoms with Crippen molar-refractivity contribution in [2.45, 2.75) is 26.9 Å². The Morgan fingerprint density at radius 1 is 1.36 bits per heavy atom. The van der Waals surface area contributed by atoms with E-state index in [2.05, 4.69) is 48.3 Å². The Morgan fingerprint density at radius 2 is 2.12 bits per heavy atom. The van der Waals surface area contributed by atoms with Crippen LogP contribution in [0.3, 0.4) is 0 Å². The molecule has 136 valence electrons. The number of nitrogens with one attached hydrogen (secondary N) is 1. The number of aromatic nitrogens is 2. The van der Waals surface area contributed by atoms with Gasteiger partial charge in [0.25, 0.3) is 0 Å². The van der Waals surface area contributed by atoms with Crippen LogP contribution in [0.4, 0.5) is 0 Å². The number of rotatable bonds is 8. The molecule has 0 radical (unpaired) electrons. The average molecular weight is 343 g/mol. The van der Waals surface area contributed by atoms with Gasteiger partial charge < -0.3 is 15.0 Å². The molecule has 1 aromatic carbocycles. The monoisotopic (exact) mass is 343 g/mol. The zero-order chi connectivity index (χ0) is 18.1. The first-order valence-corrected chi connectivity index (χ1v) is 8.72. The maximum Gasteiger partial charge on any atom is 0.193 e. The third-order valence-corrected chi connectivity index (χ3v) is 3.89. The van der Waals surface area contributed by atoms with E-state index in [9.17, 15) is 0 Å². The summed E-state index contributed by atoms with van der Waals surface area (Å²) in [4.78, 5) is 6.93. The lowest BCUT2D eigenvalue weighted by molar-refractivity contribution is 0.414. The van der Waals surface area contributed by atoms with Crippen LogP contribution in [0.25, 0.3) is 0 Å². The van der Waals surface area contributed by atoms with Crippen LogP contribution in [0.15, 0.2) is 47.7 Å². The largest absolute Gasteiger partial charge is 0.497 e. The van der Waals surface area contributed by atoms with Gasteiger partial charge in [-0.15, -0.1) is 0 Å². The second-order valence-corrected chi connectivity index (χ2v) is 6.23. The van der Waals surface area contributed by atoms with Crippen molar-refractivity contribution >= 4 is 5.96 Å². The normalized spacial score (nSPS) is 12.7. The summed E-state index contributed by atoms with van der Waals surface area (Å²) in [7, 11) is 3.74. The Balaban J connectivity index is 1.94. The molecule has 1 heterocycles. The van der Waals surface area contributed by atoms with Crippen LogP contribution in [0, 0.1) is 5.92 Å². The fourth-order valence-electron chi connectivity index (χ4n) is 2.58. The van der Waals surface area contributed by atoms with Gasteiger partial charge >= 0.3 is 0 Å². The number of benzene rings is 1. The van der Waals surface area contributed by atoms with Crippen molar-refractivity contribution in [1.29, 1.82) is 0 Å². The van der Waals surface area contributed by atoms with Crippen molar-refractivity contribution in [3.8, 4) is 5.75 Å². The molecule has 2 rings (SSSR count). The summed E-state index contributed by atoms with van der Waals surface area (Å²) in [6.45, 7) is 7.55. The zero-order valence-corrected chi connectivity index (χ0v) is 15.6. The number of hydrogen-bond donors (Lipinski definition) is 1. The molecule has 0 fully saturated rings. The second kappa shape index (κ2) is 9.71. The topological polar surface area (TPSA) is 54.7 Å². The van der Waals surface area contributed by atoms with Crippen molar-refractivity contribution in [3.63, 3.8) is 0 Å². The molecule has 25 heavy (non-hydrogen) atoms. The van der Waals surface area contributed by atoms with Gasteiger partial charge in [-0.05, 0) is 36.6 Å². The molecule has 2 aromatic rings. The molecule has 0 amide bonds. The first kappa shape index (κ1) is 18.8. The number of nitrogens with zero attached hydrogens (tertiary/aromatic N) is 4. The second-order valence-electron chi connectivity index (χ2n) is 6.23. The first-order chi connectivity index (χ1) is 12.1. The maximum atomic E-state index is 5.21. The fourth-order valence-corrected chi connectivity index (χ4v) is 2.58. The first-order valence-electron chi connectivity index (χ1n) is 8.72. The van der Waals surface area contributed by atoms with E-state index in [1.165, 1.54) is 5.56 Å². The lowest BCUT2D eigenvalue weighted by atomic mass is 10.2. The number of guanidine groups is 1. The lowest BCUT2D eigenvalue weighted by Gasteiger charge is -2.23. The molecule has 1 unspecified atom stereocenters. The number of hydrogen-bond acceptors (Lipinski definition) is 3. The minimum atomic E-state index is 0.419. The summed E-state index contributed by atoms with van der Waals surface area (Å²) in [5, 5.41) is 7.62. The molecule has 0 saturated carbocycles. The molecule has 0 aliphatic carbocycles. The number of methoxy groups -OCH3 is 1. The Labute approximate surface area is 150 Å². The number of aliphatic imine (C=N–C) groups is 1. The van der Waals surface area contributed by atoms with E-state index >= 15 is 0 Å². The van der Waals surface area contributed by atoms with Gasteiger partial charge in [0, 0.05) is 45.6 Å². The summed E-state index contributed by atoms with van der Waals surface area (Å²) < 4.78 is 7.16. The molecule has 0 bridgehead atoms. The summed E-state index contributed by atoms with van der Waals surface area (Å²) >= 11 is 0. The molecule has 1 N–H and O–H groups in total. The quantitative estimate of drug-likeness (QED) is 0.591. The van der Waals surface area contributed by atoms with Crippen LogP contribution >= 0.6 is 0 Å². The maximum absolute atomic E-state index is 5.21. The predicted octanol–water partition coefficient (Wildman–Crippen LogP) is 2.63. The number of ether oxygens (including phenoxy) is 1. The molecule has 0 aliphatic rings. The van der Waals surface area contributed by atoms with Crippen molar-refractivity contribution in [2.75, 3.05) is 27.2 Å². The molecule has 1 atom stereocenters. The van der Waals surface area contributed by atoms with Crippen molar-refractivity contribution < 1.29 is 4.74 Å². The summed E-state index contributed by atoms with van der Waals surface area (Å²) in [6, 6.07) is 10.1. The van der Waals surface area contributed by atoms with Crippen LogP contribution < -0.4 is 10.1 Å². The molecular weight excluding hydrogens is 314 g/mol. The van der Waals surface area contributed by atoms with E-state index in [-0.39, 0.29) is 0 Å². The summed E-state index contributed by atoms with van der Waals surface area (Å²) in [5.41, 5.74) is 1.22. The van der Waals surface area contributed by atoms with Crippen LogP contribution in [0.1, 0.15) is 19.4 Å². The van der Waals surface area contributed by atoms with Gasteiger partial charge in [0.1, 0.15) is 5.75 Å². The molecule has 0 spiro atoms. The fraction of sp³-hybridized carbons (Fsp3) is 0.474. The van der Waals surface area contributed by atoms with Crippen molar-refractivity contribution in [1.82, 2.24) is 20.0 Å². The van der Waals surface area contributed by atoms with Crippen molar-refractivity contribution in [2.24, 2.45) is 10.9 Å². The molecule has 6 nitrogen and oxygen atoms in total. The van der Waals surface area contributed by atoms with E-state index in [0.717, 1.165) is 37.9 Å². The van der Waals surface area contributed by atoms with Crippen molar-refractivity contribution in [3.05, 3.63) is 48.3 Å². The van der Waals surface area contributed by atoms with Gasteiger partial charge in [0.05, 0.1) is 7.11 Å². The van der Waals surface area contributed by atoms with E-state index < -0.39 is 0 Å². The van der Waals surface area contributed by atoms with Gasteiger partial charge in [-0.3, -0.25) is 9.67 Å². The molecule has 0 saturated heterocycles. The van der Waals surface area contributed by atoms with Crippen LogP contribution in [-0.4, -0.2) is 47.9 Å². The Hall–Kier alpha value is -2.50. The SMILES string of the molecule is CCNC(=NCC(C)Cn1cccn1)N(C)Cc1ccc(OC)cc1. The third kappa shape index (κ3) is 6.14. The van der Waals surface area contributed by atoms with Gasteiger partial charge in [0.2, 0.25) is 0 Å². The summed E-state index contributed by atoms with van der Waals surface area (Å²) in [5.74, 6) is 2.22. The van der Waals surface area contributed by atoms with E-state index in [4.69, 9.17) is 9.73 Å². The van der Waals surface area contributed by atoms with Gasteiger partial charge in [-0.1, -0.05) is 19.1 Å². The molecule has 6 heteroatoms. The van der Waals surface area contributed by atoms with E-state index in [0.29, 0.717) is 5.92 Å². The Bertz CT molecular complexity index is 636. The van der Waals surface area contributed by atoms with E-state index in [1.807, 2.05) is 35.3 Å². The standard InChI is InChI=1S/C19H29N5O/c1-5-20-19(21-13-16(2)14-24-12-6-11-22-24)23(3)15-17-7-9-18(25-4)10-8-17/h6-12,16H,5,13-15H2,1-4H3,(H,20,21). The highest BCUT2D eigenvalue weighted by Crippen LogP contribution is 2.12. The highest BCUT2D eigenvalue weighted by Gasteiger charge is 2.09. The van der Waals surface area contributed by atoms with E-state index in [1.54, 1.807) is 7.11 Å². The summed E-state index contributed by atoms with van der Waals surface area (Å²) in [6.07, 6.45) is 3.80. The van der Waals surface area contributed by atoms with Gasteiger partial charge in [-0.2, -0.15) is 5.10 Å². The smallest absolute Gasteiger partial charge is 0.193 e. The predicted molar refractivity (Wildman–Crippen MR) is 102 cm³/mol. The molecular formula is C19H29N5O. The van der Waals surface area contributed by atoms with Crippen LogP contribution in [-0.2, 0) is 13.1 Å². The Kier molecular flexibility index (Phi) is 7.32. The lowest BCUT2D eigenvalue weighted by Crippen LogP contribution is -2.38. The van der Waals surface area contributed by atoms with Crippen LogP contribution in [0.2, 0.25) is 0 Å². The highest BCUT2D eigenvalue weighted by atomic mass is 16.5. The highest BCUT2D eigenvalue weighted by molar-refractivity contribution is 5.79. The Morgan fingerprint density at radius 3 is 2.72 bits per heavy atom. The minimum absolute atomic E-state index is 0.419. The zero-order valence-electron chi connectivity index (χ0n) is 15.6. The minimum Gasteiger partial charge on any atom is -0.497 e.